The number of hydrogen-bond donors (Lipinski definition) is 1. The molecule has 0 aliphatic rings. The summed E-state index contributed by atoms with van der Waals surface area (Å²) in [6, 6.07) is 0. The highest BCUT2D eigenvalue weighted by Gasteiger charge is 2.08. The van der Waals surface area contributed by atoms with Gasteiger partial charge in [0.1, 0.15) is 0 Å². The molecule has 0 heterocycles. The van der Waals surface area contributed by atoms with E-state index in [1.54, 1.807) is 0 Å². The normalized spacial score (nSPS) is 11.8. The molecule has 1 unspecified atom stereocenters. The molecule has 0 rings (SSSR count). The third-order valence-electron chi connectivity index (χ3n) is 1.86. The molecule has 1 amide bonds. The first-order valence-corrected chi connectivity index (χ1v) is 4.43. The Hall–Kier alpha value is -0.970. The fourth-order valence-electron chi connectivity index (χ4n) is 0.762. The molecule has 0 radical (unpaired) electrons. The molecular weight excluding hydrogens is 150 g/mol. The lowest BCUT2D eigenvalue weighted by atomic mass is 10.1. The Morgan fingerprint density at radius 3 is 2.83 bits per heavy atom. The molecule has 0 spiro atoms. The van der Waals surface area contributed by atoms with Crippen LogP contribution in [0.5, 0.6) is 0 Å². The number of rotatable bonds is 5. The van der Waals surface area contributed by atoms with Crippen LogP contribution in [0.4, 0.5) is 0 Å². The Balaban J connectivity index is 3.39. The van der Waals surface area contributed by atoms with E-state index in [1.165, 1.54) is 0 Å². The maximum absolute atomic E-state index is 11.2. The second-order valence-electron chi connectivity index (χ2n) is 2.91. The quantitative estimate of drug-likeness (QED) is 0.488. The molecule has 0 bridgehead atoms. The lowest BCUT2D eigenvalue weighted by molar-refractivity contribution is -0.124. The first-order valence-electron chi connectivity index (χ1n) is 4.43. The van der Waals surface area contributed by atoms with Crippen molar-refractivity contribution in [1.82, 2.24) is 5.32 Å². The number of nitrogens with one attached hydrogen (secondary N) is 1. The van der Waals surface area contributed by atoms with Gasteiger partial charge < -0.3 is 5.32 Å². The second kappa shape index (κ2) is 6.72. The van der Waals surface area contributed by atoms with Gasteiger partial charge in [0.15, 0.2) is 0 Å². The predicted molar refractivity (Wildman–Crippen MR) is 50.5 cm³/mol. The zero-order valence-electron chi connectivity index (χ0n) is 7.89. The average Bonchev–Trinajstić information content (AvgIpc) is 2.10. The van der Waals surface area contributed by atoms with Gasteiger partial charge in [-0.1, -0.05) is 13.8 Å². The van der Waals surface area contributed by atoms with E-state index in [0.29, 0.717) is 6.54 Å². The molecule has 1 N–H and O–H groups in total. The maximum atomic E-state index is 11.2. The lowest BCUT2D eigenvalue weighted by Crippen LogP contribution is -2.29. The van der Waals surface area contributed by atoms with Crippen LogP contribution in [0.1, 0.15) is 33.1 Å². The van der Waals surface area contributed by atoms with Crippen molar-refractivity contribution < 1.29 is 4.79 Å². The van der Waals surface area contributed by atoms with Gasteiger partial charge in [-0.15, -0.1) is 12.3 Å². The fourth-order valence-corrected chi connectivity index (χ4v) is 0.762. The van der Waals surface area contributed by atoms with E-state index in [0.717, 1.165) is 19.3 Å². The van der Waals surface area contributed by atoms with Crippen LogP contribution in [0.3, 0.4) is 0 Å². The number of carbonyl (C=O) groups is 1. The van der Waals surface area contributed by atoms with Crippen LogP contribution in [-0.4, -0.2) is 12.5 Å². The van der Waals surface area contributed by atoms with E-state index in [9.17, 15) is 4.79 Å². The molecule has 2 nitrogen and oxygen atoms in total. The van der Waals surface area contributed by atoms with Gasteiger partial charge in [-0.2, -0.15) is 0 Å². The summed E-state index contributed by atoms with van der Waals surface area (Å²) in [7, 11) is 0. The predicted octanol–water partition coefficient (Wildman–Crippen LogP) is 1.56. The van der Waals surface area contributed by atoms with E-state index in [-0.39, 0.29) is 11.8 Å². The Bertz CT molecular complexity index is 169. The highest BCUT2D eigenvalue weighted by Crippen LogP contribution is 1.99. The van der Waals surface area contributed by atoms with Crippen molar-refractivity contribution in [2.24, 2.45) is 5.92 Å². The summed E-state index contributed by atoms with van der Waals surface area (Å²) < 4.78 is 0. The van der Waals surface area contributed by atoms with Crippen molar-refractivity contribution >= 4 is 5.91 Å². The Morgan fingerprint density at radius 1 is 1.67 bits per heavy atom. The Labute approximate surface area is 74.7 Å². The third kappa shape index (κ3) is 4.79. The minimum Gasteiger partial charge on any atom is -0.356 e. The summed E-state index contributed by atoms with van der Waals surface area (Å²) in [6.45, 7) is 4.63. The zero-order valence-corrected chi connectivity index (χ0v) is 7.89. The minimum absolute atomic E-state index is 0.121. The molecule has 0 fully saturated rings. The molecule has 2 heteroatoms. The van der Waals surface area contributed by atoms with Crippen molar-refractivity contribution in [3.63, 3.8) is 0 Å². The van der Waals surface area contributed by atoms with Gasteiger partial charge in [-0.3, -0.25) is 4.79 Å². The first-order chi connectivity index (χ1) is 5.72. The van der Waals surface area contributed by atoms with Gasteiger partial charge in [0.2, 0.25) is 5.91 Å². The first kappa shape index (κ1) is 11.0. The highest BCUT2D eigenvalue weighted by molar-refractivity contribution is 5.78. The third-order valence-corrected chi connectivity index (χ3v) is 1.86. The lowest BCUT2D eigenvalue weighted by Gasteiger charge is -2.08. The smallest absolute Gasteiger partial charge is 0.222 e. The summed E-state index contributed by atoms with van der Waals surface area (Å²) in [5, 5.41) is 2.83. The fraction of sp³-hybridized carbons (Fsp3) is 0.700. The summed E-state index contributed by atoms with van der Waals surface area (Å²) in [5.74, 6) is 2.79. The minimum atomic E-state index is 0.121. The second-order valence-corrected chi connectivity index (χ2v) is 2.91. The van der Waals surface area contributed by atoms with Gasteiger partial charge in [0.25, 0.3) is 0 Å². The molecule has 12 heavy (non-hydrogen) atoms. The standard InChI is InChI=1S/C10H17NO/c1-4-6-7-8-11-10(12)9(3)5-2/h1,9H,5-8H2,2-3H3,(H,11,12). The zero-order chi connectivity index (χ0) is 9.40. The van der Waals surface area contributed by atoms with Crippen LogP contribution in [0.25, 0.3) is 0 Å². The summed E-state index contributed by atoms with van der Waals surface area (Å²) in [4.78, 5) is 11.2. The summed E-state index contributed by atoms with van der Waals surface area (Å²) in [5.41, 5.74) is 0. The molecule has 68 valence electrons. The molecular formula is C10H17NO. The monoisotopic (exact) mass is 167 g/mol. The van der Waals surface area contributed by atoms with Gasteiger partial charge >= 0.3 is 0 Å². The molecule has 1 atom stereocenters. The number of carbonyl (C=O) groups excluding carboxylic acids is 1. The largest absolute Gasteiger partial charge is 0.356 e. The Kier molecular flexibility index (Phi) is 6.18. The van der Waals surface area contributed by atoms with Crippen molar-refractivity contribution in [2.45, 2.75) is 33.1 Å². The summed E-state index contributed by atoms with van der Waals surface area (Å²) >= 11 is 0. The van der Waals surface area contributed by atoms with Crippen molar-refractivity contribution in [3.05, 3.63) is 0 Å². The van der Waals surface area contributed by atoms with E-state index >= 15 is 0 Å². The van der Waals surface area contributed by atoms with Gasteiger partial charge in [0.05, 0.1) is 0 Å². The molecule has 0 saturated carbocycles. The molecule has 0 saturated heterocycles. The molecule has 0 aliphatic heterocycles. The van der Waals surface area contributed by atoms with E-state index in [1.807, 2.05) is 13.8 Å². The van der Waals surface area contributed by atoms with Crippen LogP contribution < -0.4 is 5.32 Å². The molecule has 0 aliphatic carbocycles. The van der Waals surface area contributed by atoms with Crippen molar-refractivity contribution in [1.29, 1.82) is 0 Å². The van der Waals surface area contributed by atoms with E-state index in [4.69, 9.17) is 6.42 Å². The maximum Gasteiger partial charge on any atom is 0.222 e. The number of hydrogen-bond acceptors (Lipinski definition) is 1. The molecule has 0 aromatic rings. The highest BCUT2D eigenvalue weighted by atomic mass is 16.1. The Morgan fingerprint density at radius 2 is 2.33 bits per heavy atom. The number of amides is 1. The topological polar surface area (TPSA) is 29.1 Å². The van der Waals surface area contributed by atoms with Gasteiger partial charge in [-0.05, 0) is 12.8 Å². The average molecular weight is 167 g/mol. The van der Waals surface area contributed by atoms with Crippen LogP contribution in [0.15, 0.2) is 0 Å². The number of unbranched alkanes of at least 4 members (excludes halogenated alkanes) is 1. The van der Waals surface area contributed by atoms with Gasteiger partial charge in [0, 0.05) is 18.9 Å². The summed E-state index contributed by atoms with van der Waals surface area (Å²) in [6.07, 6.45) is 7.57. The van der Waals surface area contributed by atoms with Crippen molar-refractivity contribution in [2.75, 3.05) is 6.54 Å². The SMILES string of the molecule is C#CCCCNC(=O)C(C)CC. The van der Waals surface area contributed by atoms with E-state index in [2.05, 4.69) is 11.2 Å². The van der Waals surface area contributed by atoms with Crippen molar-refractivity contribution in [3.8, 4) is 12.3 Å². The van der Waals surface area contributed by atoms with Crippen LogP contribution in [-0.2, 0) is 4.79 Å². The van der Waals surface area contributed by atoms with Crippen LogP contribution in [0, 0.1) is 18.3 Å². The molecule has 0 aromatic carbocycles. The number of terminal acetylenes is 1. The van der Waals surface area contributed by atoms with Crippen LogP contribution in [0.2, 0.25) is 0 Å². The molecule has 0 aromatic heterocycles. The van der Waals surface area contributed by atoms with E-state index < -0.39 is 0 Å². The van der Waals surface area contributed by atoms with Crippen LogP contribution >= 0.6 is 0 Å². The van der Waals surface area contributed by atoms with Gasteiger partial charge in [-0.25, -0.2) is 0 Å².